The monoisotopic (exact) mass is 574 g/mol. The number of carboxylic acid groups (broad SMARTS) is 1. The fraction of sp³-hybridized carbons (Fsp3) is 0.520. The maximum Gasteiger partial charge on any atom is 0.490 e. The van der Waals surface area contributed by atoms with E-state index in [1.54, 1.807) is 24.8 Å². The third-order valence-corrected chi connectivity index (χ3v) is 5.24. The van der Waals surface area contributed by atoms with Crippen LogP contribution in [-0.4, -0.2) is 67.4 Å². The molecule has 2 fully saturated rings. The second-order valence-electron chi connectivity index (χ2n) is 9.62. The molecule has 2 aromatic heterocycles. The minimum atomic E-state index is -5.08. The third kappa shape index (κ3) is 10.7. The molecule has 1 amide bonds. The zero-order valence-electron chi connectivity index (χ0n) is 22.2. The summed E-state index contributed by atoms with van der Waals surface area (Å²) in [5.74, 6) is -2.76. The molecule has 2 aliphatic heterocycles. The van der Waals surface area contributed by atoms with E-state index in [2.05, 4.69) is 15.4 Å². The molecule has 2 atom stereocenters. The minimum Gasteiger partial charge on any atom is -0.475 e. The molecule has 0 aromatic carbocycles. The number of rotatable bonds is 4. The lowest BCUT2D eigenvalue weighted by molar-refractivity contribution is -0.192. The summed E-state index contributed by atoms with van der Waals surface area (Å²) in [5, 5.41) is 26.4. The molecule has 2 aliphatic rings. The van der Waals surface area contributed by atoms with Crippen molar-refractivity contribution in [2.24, 2.45) is 0 Å². The highest BCUT2D eigenvalue weighted by Gasteiger charge is 2.38. The Labute approximate surface area is 228 Å². The van der Waals surface area contributed by atoms with Crippen LogP contribution in [-0.2, 0) is 32.4 Å². The summed E-state index contributed by atoms with van der Waals surface area (Å²) < 4.78 is 37.1. The van der Waals surface area contributed by atoms with Crippen molar-refractivity contribution in [3.8, 4) is 0 Å². The van der Waals surface area contributed by atoms with Gasteiger partial charge in [0.25, 0.3) is 0 Å². The highest BCUT2D eigenvalue weighted by molar-refractivity contribution is 5.73. The van der Waals surface area contributed by atoms with E-state index in [0.717, 1.165) is 29.7 Å². The molecule has 222 valence electrons. The van der Waals surface area contributed by atoms with Crippen molar-refractivity contribution in [3.63, 3.8) is 0 Å². The van der Waals surface area contributed by atoms with Crippen LogP contribution in [0, 0.1) is 0 Å². The van der Waals surface area contributed by atoms with Crippen molar-refractivity contribution >= 4 is 12.1 Å². The zero-order valence-corrected chi connectivity index (χ0v) is 22.2. The number of aromatic nitrogens is 2. The third-order valence-electron chi connectivity index (χ3n) is 5.24. The standard InChI is InChI=1S/C14H20N2O4.C9H12N2O2.C2HF3O2/c1-14(2,3)20-13(18)16-12(4-5-19-16)11-6-10(9-17)7-15-8-11;12-6-7-3-8(5-10-4-7)9-1-2-13-11-9;3-2(4,5)1(6)7/h6-8,12,17H,4-5,9H2,1-3H3;3-5,9,11-12H,1-2,6H2;(H,6,7). The van der Waals surface area contributed by atoms with E-state index >= 15 is 0 Å². The average Bonchev–Trinajstić information content (AvgIpc) is 3.61. The summed E-state index contributed by atoms with van der Waals surface area (Å²) in [7, 11) is 0. The van der Waals surface area contributed by atoms with Gasteiger partial charge < -0.3 is 24.9 Å². The fourth-order valence-electron chi connectivity index (χ4n) is 3.45. The molecule has 4 N–H and O–H groups in total. The maximum absolute atomic E-state index is 12.1. The quantitative estimate of drug-likeness (QED) is 0.423. The highest BCUT2D eigenvalue weighted by Crippen LogP contribution is 2.31. The van der Waals surface area contributed by atoms with Crippen LogP contribution in [0.25, 0.3) is 0 Å². The van der Waals surface area contributed by atoms with Crippen LogP contribution in [0.2, 0.25) is 0 Å². The molecular formula is C25H33F3N4O8. The van der Waals surface area contributed by atoms with Gasteiger partial charge in [-0.1, -0.05) is 0 Å². The van der Waals surface area contributed by atoms with Gasteiger partial charge in [-0.2, -0.15) is 23.7 Å². The van der Waals surface area contributed by atoms with Crippen LogP contribution in [0.5, 0.6) is 0 Å². The number of alkyl halides is 3. The number of halogens is 3. The van der Waals surface area contributed by atoms with Crippen LogP contribution in [0.4, 0.5) is 18.0 Å². The molecule has 2 unspecified atom stereocenters. The summed E-state index contributed by atoms with van der Waals surface area (Å²) in [6.07, 6.45) is 2.78. The molecule has 4 rings (SSSR count). The van der Waals surface area contributed by atoms with Crippen LogP contribution in [0.1, 0.15) is 68.0 Å². The van der Waals surface area contributed by atoms with E-state index in [1.165, 1.54) is 5.06 Å². The lowest BCUT2D eigenvalue weighted by Gasteiger charge is -2.27. The number of aliphatic hydroxyl groups is 2. The number of hydrogen-bond acceptors (Lipinski definition) is 10. The van der Waals surface area contributed by atoms with Crippen molar-refractivity contribution in [2.75, 3.05) is 13.2 Å². The van der Waals surface area contributed by atoms with Crippen LogP contribution in [0.15, 0.2) is 36.9 Å². The number of aliphatic hydroxyl groups excluding tert-OH is 2. The summed E-state index contributed by atoms with van der Waals surface area (Å²) in [6, 6.07) is 3.76. The van der Waals surface area contributed by atoms with E-state index in [0.29, 0.717) is 18.6 Å². The van der Waals surface area contributed by atoms with Gasteiger partial charge in [0.2, 0.25) is 0 Å². The Kier molecular flexibility index (Phi) is 12.2. The molecule has 0 bridgehead atoms. The number of carbonyl (C=O) groups excluding carboxylic acids is 1. The SMILES string of the molecule is CC(C)(C)OC(=O)N1OCCC1c1cncc(CO)c1.O=C(O)C(F)(F)F.OCc1cncc(C2CCON2)c1. The van der Waals surface area contributed by atoms with E-state index in [-0.39, 0.29) is 25.3 Å². The smallest absolute Gasteiger partial charge is 0.475 e. The Morgan fingerprint density at radius 1 is 1.00 bits per heavy atom. The van der Waals surface area contributed by atoms with Gasteiger partial charge in [0, 0.05) is 31.2 Å². The Bertz CT molecular complexity index is 1110. The number of hydrogen-bond donors (Lipinski definition) is 4. The van der Waals surface area contributed by atoms with Crippen molar-refractivity contribution in [1.82, 2.24) is 20.5 Å². The molecular weight excluding hydrogens is 541 g/mol. The predicted octanol–water partition coefficient (Wildman–Crippen LogP) is 3.36. The Hall–Kier alpha value is -3.37. The number of nitrogens with zero attached hydrogens (tertiary/aromatic N) is 3. The number of hydroxylamine groups is 3. The molecule has 0 spiro atoms. The number of nitrogens with one attached hydrogen (secondary N) is 1. The topological polar surface area (TPSA) is 164 Å². The second-order valence-corrected chi connectivity index (χ2v) is 9.62. The van der Waals surface area contributed by atoms with Gasteiger partial charge >= 0.3 is 18.2 Å². The first-order valence-electron chi connectivity index (χ1n) is 12.2. The fourth-order valence-corrected chi connectivity index (χ4v) is 3.45. The van der Waals surface area contributed by atoms with Crippen molar-refractivity contribution in [3.05, 3.63) is 59.2 Å². The van der Waals surface area contributed by atoms with E-state index in [9.17, 15) is 18.0 Å². The van der Waals surface area contributed by atoms with Gasteiger partial charge in [-0.25, -0.2) is 9.59 Å². The van der Waals surface area contributed by atoms with E-state index in [1.807, 2.05) is 32.9 Å². The van der Waals surface area contributed by atoms with Gasteiger partial charge in [0.05, 0.1) is 38.5 Å². The van der Waals surface area contributed by atoms with Crippen molar-refractivity contribution in [1.29, 1.82) is 0 Å². The predicted molar refractivity (Wildman–Crippen MR) is 132 cm³/mol. The van der Waals surface area contributed by atoms with Gasteiger partial charge in [-0.15, -0.1) is 0 Å². The van der Waals surface area contributed by atoms with Crippen LogP contribution < -0.4 is 5.48 Å². The molecule has 12 nitrogen and oxygen atoms in total. The van der Waals surface area contributed by atoms with E-state index in [4.69, 9.17) is 34.5 Å². The molecule has 0 radical (unpaired) electrons. The lowest BCUT2D eigenvalue weighted by Crippen LogP contribution is -2.35. The number of carboxylic acids is 1. The van der Waals surface area contributed by atoms with E-state index < -0.39 is 23.8 Å². The Morgan fingerprint density at radius 2 is 1.55 bits per heavy atom. The minimum absolute atomic E-state index is 0.0361. The summed E-state index contributed by atoms with van der Waals surface area (Å²) in [6.45, 7) is 6.56. The first-order valence-corrected chi connectivity index (χ1v) is 12.2. The van der Waals surface area contributed by atoms with Gasteiger partial charge in [0.15, 0.2) is 0 Å². The maximum atomic E-state index is 12.1. The number of pyridine rings is 2. The molecule has 0 saturated carbocycles. The van der Waals surface area contributed by atoms with Crippen LogP contribution >= 0.6 is 0 Å². The number of amides is 1. The van der Waals surface area contributed by atoms with Crippen LogP contribution in [0.3, 0.4) is 0 Å². The zero-order chi connectivity index (χ0) is 29.9. The number of carbonyl (C=O) groups is 2. The molecule has 2 saturated heterocycles. The molecule has 15 heteroatoms. The molecule has 4 heterocycles. The van der Waals surface area contributed by atoms with Crippen molar-refractivity contribution < 1.29 is 52.5 Å². The number of aliphatic carboxylic acids is 1. The molecule has 40 heavy (non-hydrogen) atoms. The molecule has 0 aliphatic carbocycles. The summed E-state index contributed by atoms with van der Waals surface area (Å²) in [5.41, 5.74) is 5.78. The van der Waals surface area contributed by atoms with Gasteiger partial charge in [0.1, 0.15) is 5.60 Å². The van der Waals surface area contributed by atoms with Crippen molar-refractivity contribution in [2.45, 2.75) is 70.7 Å². The average molecular weight is 575 g/mol. The Balaban J connectivity index is 0.000000239. The summed E-state index contributed by atoms with van der Waals surface area (Å²) >= 11 is 0. The normalized spacial score (nSPS) is 18.8. The largest absolute Gasteiger partial charge is 0.490 e. The first-order chi connectivity index (χ1) is 18.7. The highest BCUT2D eigenvalue weighted by atomic mass is 19.4. The van der Waals surface area contributed by atoms with Gasteiger partial charge in [-0.05, 0) is 61.6 Å². The Morgan fingerprint density at radius 3 is 2.02 bits per heavy atom. The number of ether oxygens (including phenoxy) is 1. The summed E-state index contributed by atoms with van der Waals surface area (Å²) in [4.78, 5) is 39.5. The van der Waals surface area contributed by atoms with Gasteiger partial charge in [-0.3, -0.25) is 14.8 Å². The molecule has 2 aromatic rings. The second kappa shape index (κ2) is 14.9. The lowest BCUT2D eigenvalue weighted by atomic mass is 10.1. The first kappa shape index (κ1) is 32.8.